The Morgan fingerprint density at radius 1 is 1.28 bits per heavy atom. The topological polar surface area (TPSA) is 61.4 Å². The van der Waals surface area contributed by atoms with Gasteiger partial charge in [0.15, 0.2) is 0 Å². The molecule has 106 valence electrons. The standard InChI is InChI=1S/C12H25N3O2S/c1-11(10-15-7-2-3-8-15)14-18(16,17)9-6-13-12-4-5-12/h11-14H,2-10H2,1H3. The van der Waals surface area contributed by atoms with Gasteiger partial charge in [0.2, 0.25) is 10.0 Å². The van der Waals surface area contributed by atoms with Crippen LogP contribution in [0.15, 0.2) is 0 Å². The molecule has 1 saturated heterocycles. The Balaban J connectivity index is 1.64. The second-order valence-corrected chi connectivity index (χ2v) is 7.45. The van der Waals surface area contributed by atoms with Crippen molar-refractivity contribution in [3.63, 3.8) is 0 Å². The minimum atomic E-state index is -3.13. The molecule has 0 bridgehead atoms. The van der Waals surface area contributed by atoms with Gasteiger partial charge in [-0.1, -0.05) is 0 Å². The van der Waals surface area contributed by atoms with E-state index in [0.29, 0.717) is 12.6 Å². The molecular formula is C12H25N3O2S. The molecule has 2 aliphatic rings. The number of rotatable bonds is 8. The van der Waals surface area contributed by atoms with Crippen molar-refractivity contribution in [3.8, 4) is 0 Å². The highest BCUT2D eigenvalue weighted by Gasteiger charge is 2.22. The van der Waals surface area contributed by atoms with Crippen LogP contribution in [0.4, 0.5) is 0 Å². The molecule has 1 unspecified atom stereocenters. The molecule has 1 aliphatic carbocycles. The number of hydrogen-bond donors (Lipinski definition) is 2. The summed E-state index contributed by atoms with van der Waals surface area (Å²) in [7, 11) is -3.13. The fourth-order valence-electron chi connectivity index (χ4n) is 2.44. The predicted octanol–water partition coefficient (Wildman–Crippen LogP) is 0.142. The normalized spacial score (nSPS) is 23.4. The van der Waals surface area contributed by atoms with Gasteiger partial charge in [-0.15, -0.1) is 0 Å². The van der Waals surface area contributed by atoms with Crippen molar-refractivity contribution >= 4 is 10.0 Å². The molecule has 1 heterocycles. The van der Waals surface area contributed by atoms with Gasteiger partial charge < -0.3 is 10.2 Å². The van der Waals surface area contributed by atoms with E-state index in [1.165, 1.54) is 25.7 Å². The van der Waals surface area contributed by atoms with E-state index in [9.17, 15) is 8.42 Å². The summed E-state index contributed by atoms with van der Waals surface area (Å²) in [6, 6.07) is 0.580. The van der Waals surface area contributed by atoms with Gasteiger partial charge in [-0.25, -0.2) is 13.1 Å². The molecule has 1 atom stereocenters. The Morgan fingerprint density at radius 2 is 1.94 bits per heavy atom. The minimum Gasteiger partial charge on any atom is -0.313 e. The van der Waals surface area contributed by atoms with E-state index in [1.807, 2.05) is 6.92 Å². The highest BCUT2D eigenvalue weighted by atomic mass is 32.2. The maximum absolute atomic E-state index is 11.8. The summed E-state index contributed by atoms with van der Waals surface area (Å²) in [6.45, 7) is 5.56. The molecule has 1 saturated carbocycles. The van der Waals surface area contributed by atoms with E-state index in [2.05, 4.69) is 14.9 Å². The second kappa shape index (κ2) is 6.32. The van der Waals surface area contributed by atoms with Crippen molar-refractivity contribution in [2.75, 3.05) is 31.9 Å². The summed E-state index contributed by atoms with van der Waals surface area (Å²) in [5.74, 6) is 0.188. The van der Waals surface area contributed by atoms with E-state index >= 15 is 0 Å². The Bertz CT molecular complexity index is 348. The summed E-state index contributed by atoms with van der Waals surface area (Å²) >= 11 is 0. The fraction of sp³-hybridized carbons (Fsp3) is 1.00. The molecule has 5 nitrogen and oxygen atoms in total. The maximum Gasteiger partial charge on any atom is 0.213 e. The summed E-state index contributed by atoms with van der Waals surface area (Å²) in [6.07, 6.45) is 4.87. The molecule has 2 fully saturated rings. The lowest BCUT2D eigenvalue weighted by Crippen LogP contribution is -2.43. The van der Waals surface area contributed by atoms with Crippen LogP contribution in [0.5, 0.6) is 0 Å². The Labute approximate surface area is 110 Å². The van der Waals surface area contributed by atoms with E-state index in [1.54, 1.807) is 0 Å². The largest absolute Gasteiger partial charge is 0.313 e. The van der Waals surface area contributed by atoms with Crippen molar-refractivity contribution < 1.29 is 8.42 Å². The van der Waals surface area contributed by atoms with Gasteiger partial charge >= 0.3 is 0 Å². The van der Waals surface area contributed by atoms with Crippen LogP contribution in [0.2, 0.25) is 0 Å². The van der Waals surface area contributed by atoms with Crippen LogP contribution in [0, 0.1) is 0 Å². The van der Waals surface area contributed by atoms with Gasteiger partial charge in [0.05, 0.1) is 5.75 Å². The first kappa shape index (κ1) is 14.2. The minimum absolute atomic E-state index is 0.00836. The molecule has 0 radical (unpaired) electrons. The van der Waals surface area contributed by atoms with Gasteiger partial charge in [0.25, 0.3) is 0 Å². The third-order valence-electron chi connectivity index (χ3n) is 3.49. The first-order valence-electron chi connectivity index (χ1n) is 7.01. The fourth-order valence-corrected chi connectivity index (χ4v) is 3.63. The lowest BCUT2D eigenvalue weighted by atomic mass is 10.3. The van der Waals surface area contributed by atoms with Crippen LogP contribution in [-0.2, 0) is 10.0 Å². The van der Waals surface area contributed by atoms with Gasteiger partial charge in [-0.05, 0) is 45.7 Å². The van der Waals surface area contributed by atoms with Crippen molar-refractivity contribution in [2.45, 2.75) is 44.7 Å². The first-order valence-corrected chi connectivity index (χ1v) is 8.66. The van der Waals surface area contributed by atoms with Gasteiger partial charge in [-0.2, -0.15) is 0 Å². The van der Waals surface area contributed by atoms with Gasteiger partial charge in [-0.3, -0.25) is 0 Å². The van der Waals surface area contributed by atoms with Gasteiger partial charge in [0.1, 0.15) is 0 Å². The molecule has 0 aromatic carbocycles. The van der Waals surface area contributed by atoms with E-state index in [4.69, 9.17) is 0 Å². The van der Waals surface area contributed by atoms with E-state index in [-0.39, 0.29) is 11.8 Å². The quantitative estimate of drug-likeness (QED) is 0.661. The van der Waals surface area contributed by atoms with Crippen LogP contribution in [-0.4, -0.2) is 57.3 Å². The second-order valence-electron chi connectivity index (χ2n) is 5.57. The molecule has 0 amide bonds. The van der Waals surface area contributed by atoms with Crippen LogP contribution in [0.1, 0.15) is 32.6 Å². The number of sulfonamides is 1. The highest BCUT2D eigenvalue weighted by Crippen LogP contribution is 2.18. The lowest BCUT2D eigenvalue weighted by molar-refractivity contribution is 0.312. The third kappa shape index (κ3) is 5.22. The summed E-state index contributed by atoms with van der Waals surface area (Å²) in [4.78, 5) is 2.33. The molecule has 0 aromatic heterocycles. The van der Waals surface area contributed by atoms with Gasteiger partial charge in [0, 0.05) is 25.2 Å². The van der Waals surface area contributed by atoms with Crippen molar-refractivity contribution in [2.24, 2.45) is 0 Å². The lowest BCUT2D eigenvalue weighted by Gasteiger charge is -2.21. The molecule has 2 rings (SSSR count). The smallest absolute Gasteiger partial charge is 0.213 e. The molecule has 2 N–H and O–H groups in total. The Morgan fingerprint density at radius 3 is 2.56 bits per heavy atom. The maximum atomic E-state index is 11.8. The Hall–Kier alpha value is -0.170. The molecule has 0 aromatic rings. The molecule has 18 heavy (non-hydrogen) atoms. The van der Waals surface area contributed by atoms with E-state index < -0.39 is 10.0 Å². The predicted molar refractivity (Wildman–Crippen MR) is 73.1 cm³/mol. The summed E-state index contributed by atoms with van der Waals surface area (Å²) in [5.41, 5.74) is 0. The number of hydrogen-bond acceptors (Lipinski definition) is 4. The van der Waals surface area contributed by atoms with Crippen molar-refractivity contribution in [1.29, 1.82) is 0 Å². The number of likely N-dealkylation sites (tertiary alicyclic amines) is 1. The number of nitrogens with one attached hydrogen (secondary N) is 2. The average molecular weight is 275 g/mol. The summed E-state index contributed by atoms with van der Waals surface area (Å²) in [5, 5.41) is 3.23. The molecule has 0 spiro atoms. The van der Waals surface area contributed by atoms with Crippen LogP contribution >= 0.6 is 0 Å². The highest BCUT2D eigenvalue weighted by molar-refractivity contribution is 7.89. The summed E-state index contributed by atoms with van der Waals surface area (Å²) < 4.78 is 26.5. The van der Waals surface area contributed by atoms with Crippen LogP contribution < -0.4 is 10.0 Å². The first-order chi connectivity index (χ1) is 8.55. The van der Waals surface area contributed by atoms with E-state index in [0.717, 1.165) is 19.6 Å². The Kier molecular flexibility index (Phi) is 5.00. The van der Waals surface area contributed by atoms with Crippen molar-refractivity contribution in [1.82, 2.24) is 14.9 Å². The third-order valence-corrected chi connectivity index (χ3v) is 5.00. The zero-order valence-corrected chi connectivity index (χ0v) is 12.0. The van der Waals surface area contributed by atoms with Crippen LogP contribution in [0.3, 0.4) is 0 Å². The van der Waals surface area contributed by atoms with Crippen LogP contribution in [0.25, 0.3) is 0 Å². The average Bonchev–Trinajstić information content (AvgIpc) is 2.94. The monoisotopic (exact) mass is 275 g/mol. The zero-order chi connectivity index (χ0) is 13.0. The SMILES string of the molecule is CC(CN1CCCC1)NS(=O)(=O)CCNC1CC1. The number of nitrogens with zero attached hydrogens (tertiary/aromatic N) is 1. The zero-order valence-electron chi connectivity index (χ0n) is 11.2. The molecular weight excluding hydrogens is 250 g/mol. The molecule has 6 heteroatoms. The van der Waals surface area contributed by atoms with Crippen molar-refractivity contribution in [3.05, 3.63) is 0 Å². The molecule has 1 aliphatic heterocycles.